The van der Waals surface area contributed by atoms with Gasteiger partial charge in [0, 0.05) is 11.8 Å². The highest BCUT2D eigenvalue weighted by Gasteiger charge is 2.40. The number of alkyl halides is 1. The number of esters is 1. The first kappa shape index (κ1) is 20.6. The molecule has 0 bridgehead atoms. The largest absolute Gasteiger partial charge is 0.466 e. The smallest absolute Gasteiger partial charge is 0.305 e. The van der Waals surface area contributed by atoms with Crippen molar-refractivity contribution in [1.82, 2.24) is 0 Å². The van der Waals surface area contributed by atoms with Crippen LogP contribution in [0, 0.1) is 5.41 Å². The van der Waals surface area contributed by atoms with Crippen LogP contribution in [-0.4, -0.2) is 15.8 Å². The van der Waals surface area contributed by atoms with Gasteiger partial charge in [0.05, 0.1) is 14.2 Å². The molecule has 1 heterocycles. The second kappa shape index (κ2) is 11.2. The summed E-state index contributed by atoms with van der Waals surface area (Å²) in [6, 6.07) is 0. The molecule has 0 saturated heterocycles. The summed E-state index contributed by atoms with van der Waals surface area (Å²) in [4.78, 5) is 11.4. The van der Waals surface area contributed by atoms with Crippen molar-refractivity contribution >= 4 is 51.9 Å². The Hall–Kier alpha value is 0.580. The molecule has 1 rings (SSSR count). The molecule has 0 aromatic heterocycles. The fourth-order valence-electron chi connectivity index (χ4n) is 2.88. The Morgan fingerprint density at radius 2 is 1.95 bits per heavy atom. The minimum atomic E-state index is -0.0695. The van der Waals surface area contributed by atoms with Crippen LogP contribution >= 0.6 is 46.0 Å². The summed E-state index contributed by atoms with van der Waals surface area (Å²) in [5.74, 6) is -0.0695. The fourth-order valence-corrected chi connectivity index (χ4v) is 6.47. The van der Waals surface area contributed by atoms with E-state index in [0.29, 0.717) is 16.3 Å². The third-order valence-electron chi connectivity index (χ3n) is 4.14. The van der Waals surface area contributed by atoms with Crippen LogP contribution in [-0.2, 0) is 9.53 Å². The maximum absolute atomic E-state index is 11.4. The number of halogens is 2. The second-order valence-corrected chi connectivity index (χ2v) is 9.81. The minimum absolute atomic E-state index is 0.0695. The summed E-state index contributed by atoms with van der Waals surface area (Å²) in [6.45, 7) is 4.58. The molecule has 2 unspecified atom stereocenters. The van der Waals surface area contributed by atoms with Crippen molar-refractivity contribution in [2.45, 2.75) is 74.9 Å². The van der Waals surface area contributed by atoms with Crippen molar-refractivity contribution in [3.63, 3.8) is 0 Å². The van der Waals surface area contributed by atoms with Crippen LogP contribution in [0.5, 0.6) is 0 Å². The van der Waals surface area contributed by atoms with E-state index < -0.39 is 0 Å². The lowest BCUT2D eigenvalue weighted by Crippen LogP contribution is -2.24. The average molecular weight is 459 g/mol. The van der Waals surface area contributed by atoms with Gasteiger partial charge in [-0.2, -0.15) is 0 Å². The van der Waals surface area contributed by atoms with Gasteiger partial charge in [-0.15, -0.1) is 0 Å². The summed E-state index contributed by atoms with van der Waals surface area (Å²) < 4.78 is 6.45. The van der Waals surface area contributed by atoms with Gasteiger partial charge >= 0.3 is 5.97 Å². The Balaban J connectivity index is 2.44. The van der Waals surface area contributed by atoms with Crippen molar-refractivity contribution < 1.29 is 9.53 Å². The normalized spacial score (nSPS) is 24.4. The first-order valence-electron chi connectivity index (χ1n) is 8.38. The molecular weight excluding hydrogens is 431 g/mol. The van der Waals surface area contributed by atoms with Crippen LogP contribution < -0.4 is 0 Å². The molecule has 0 radical (unpaired) electrons. The van der Waals surface area contributed by atoms with Crippen molar-refractivity contribution in [2.75, 3.05) is 6.61 Å². The molecule has 0 aromatic rings. The topological polar surface area (TPSA) is 26.3 Å². The highest BCUT2D eigenvalue weighted by atomic mass is 127. The SMILES string of the molecule is CCCCCCC1(CCCCC(=O)OCC)C=C(Cl)SC1I. The molecule has 2 atom stereocenters. The molecule has 0 aliphatic carbocycles. The van der Waals surface area contributed by atoms with Gasteiger partial charge in [0.15, 0.2) is 0 Å². The molecule has 1 aliphatic rings. The summed E-state index contributed by atoms with van der Waals surface area (Å²) >= 11 is 10.6. The highest BCUT2D eigenvalue weighted by molar-refractivity contribution is 14.1. The van der Waals surface area contributed by atoms with E-state index in [4.69, 9.17) is 16.3 Å². The monoisotopic (exact) mass is 458 g/mol. The lowest BCUT2D eigenvalue weighted by Gasteiger charge is -2.31. The molecule has 0 fully saturated rings. The quantitative estimate of drug-likeness (QED) is 0.150. The van der Waals surface area contributed by atoms with Crippen LogP contribution in [0.1, 0.15) is 71.6 Å². The maximum Gasteiger partial charge on any atom is 0.305 e. The summed E-state index contributed by atoms with van der Waals surface area (Å²) in [5, 5.41) is 0. The van der Waals surface area contributed by atoms with Crippen LogP contribution in [0.25, 0.3) is 0 Å². The Morgan fingerprint density at radius 1 is 1.27 bits per heavy atom. The third-order valence-corrected chi connectivity index (χ3v) is 7.54. The van der Waals surface area contributed by atoms with Gasteiger partial charge in [-0.1, -0.05) is 91.1 Å². The second-order valence-electron chi connectivity index (χ2n) is 5.94. The van der Waals surface area contributed by atoms with Crippen LogP contribution in [0.2, 0.25) is 0 Å². The van der Waals surface area contributed by atoms with Gasteiger partial charge in [0.2, 0.25) is 0 Å². The summed E-state index contributed by atoms with van der Waals surface area (Å²) in [6.07, 6.45) is 12.3. The summed E-state index contributed by atoms with van der Waals surface area (Å²) in [7, 11) is 0. The van der Waals surface area contributed by atoms with Gasteiger partial charge in [0.1, 0.15) is 0 Å². The highest BCUT2D eigenvalue weighted by Crippen LogP contribution is 2.55. The standard InChI is InChI=1S/C17H28ClIO2S/c1-3-5-6-8-11-17(13-14(18)22-16(17)19)12-9-7-10-15(20)21-4-2/h13,16H,3-12H2,1-2H3. The number of allylic oxidation sites excluding steroid dienone is 1. The zero-order valence-corrected chi connectivity index (χ0v) is 17.4. The molecule has 0 spiro atoms. The summed E-state index contributed by atoms with van der Waals surface area (Å²) in [5.41, 5.74) is 0.213. The van der Waals surface area contributed by atoms with E-state index in [1.807, 2.05) is 6.92 Å². The van der Waals surface area contributed by atoms with Crippen molar-refractivity contribution in [2.24, 2.45) is 5.41 Å². The zero-order valence-electron chi connectivity index (χ0n) is 13.7. The van der Waals surface area contributed by atoms with Crippen molar-refractivity contribution in [3.05, 3.63) is 10.4 Å². The van der Waals surface area contributed by atoms with E-state index in [1.165, 1.54) is 32.1 Å². The molecule has 1 aliphatic heterocycles. The number of rotatable bonds is 11. The average Bonchev–Trinajstić information content (AvgIpc) is 2.75. The van der Waals surface area contributed by atoms with E-state index in [1.54, 1.807) is 11.8 Å². The predicted molar refractivity (Wildman–Crippen MR) is 106 cm³/mol. The van der Waals surface area contributed by atoms with Crippen LogP contribution in [0.3, 0.4) is 0 Å². The Labute approximate surface area is 158 Å². The lowest BCUT2D eigenvalue weighted by atomic mass is 9.80. The first-order chi connectivity index (χ1) is 10.5. The van der Waals surface area contributed by atoms with E-state index in [9.17, 15) is 4.79 Å². The zero-order chi connectivity index (χ0) is 16.4. The number of ether oxygens (including phenoxy) is 1. The van der Waals surface area contributed by atoms with Gasteiger partial charge in [-0.05, 0) is 26.2 Å². The number of carbonyl (C=O) groups excluding carboxylic acids is 1. The molecule has 0 saturated carbocycles. The van der Waals surface area contributed by atoms with Gasteiger partial charge in [-0.3, -0.25) is 4.79 Å². The first-order valence-corrected chi connectivity index (χ1v) is 10.9. The Kier molecular flexibility index (Phi) is 10.5. The third kappa shape index (κ3) is 7.00. The minimum Gasteiger partial charge on any atom is -0.466 e. The van der Waals surface area contributed by atoms with Gasteiger partial charge in [0.25, 0.3) is 0 Å². The van der Waals surface area contributed by atoms with Gasteiger partial charge < -0.3 is 4.74 Å². The van der Waals surface area contributed by atoms with E-state index >= 15 is 0 Å². The molecule has 0 N–H and O–H groups in total. The number of unbranched alkanes of at least 4 members (excludes halogenated alkanes) is 4. The van der Waals surface area contributed by atoms with E-state index in [0.717, 1.165) is 23.6 Å². The molecular formula is C17H28ClIO2S. The number of thioether (sulfide) groups is 1. The number of hydrogen-bond donors (Lipinski definition) is 0. The fraction of sp³-hybridized carbons (Fsp3) is 0.824. The Bertz CT molecular complexity index is 376. The molecule has 128 valence electrons. The van der Waals surface area contributed by atoms with E-state index in [-0.39, 0.29) is 11.4 Å². The van der Waals surface area contributed by atoms with Crippen LogP contribution in [0.4, 0.5) is 0 Å². The molecule has 2 nitrogen and oxygen atoms in total. The Morgan fingerprint density at radius 3 is 2.50 bits per heavy atom. The molecule has 0 aromatic carbocycles. The lowest BCUT2D eigenvalue weighted by molar-refractivity contribution is -0.143. The number of carbonyl (C=O) groups is 1. The maximum atomic E-state index is 11.4. The molecule has 5 heteroatoms. The van der Waals surface area contributed by atoms with Crippen LogP contribution in [0.15, 0.2) is 10.4 Å². The molecule has 0 amide bonds. The number of hydrogen-bond acceptors (Lipinski definition) is 3. The van der Waals surface area contributed by atoms with Gasteiger partial charge in [-0.25, -0.2) is 0 Å². The van der Waals surface area contributed by atoms with E-state index in [2.05, 4.69) is 35.6 Å². The molecule has 22 heavy (non-hydrogen) atoms. The predicted octanol–water partition coefficient (Wildman–Crippen LogP) is 6.65. The van der Waals surface area contributed by atoms with Crippen molar-refractivity contribution in [1.29, 1.82) is 0 Å². The van der Waals surface area contributed by atoms with Crippen molar-refractivity contribution in [3.8, 4) is 0 Å².